The maximum atomic E-state index is 12.3. The van der Waals surface area contributed by atoms with Crippen LogP contribution in [0.2, 0.25) is 5.02 Å². The number of benzene rings is 2. The zero-order valence-corrected chi connectivity index (χ0v) is 14.1. The summed E-state index contributed by atoms with van der Waals surface area (Å²) in [6, 6.07) is 12.9. The zero-order valence-electron chi connectivity index (χ0n) is 13.3. The molecule has 122 valence electrons. The number of amides is 1. The number of hydrogen-bond acceptors (Lipinski definition) is 4. The number of nitrogens with one attached hydrogen (secondary N) is 1. The van der Waals surface area contributed by atoms with Crippen LogP contribution < -0.4 is 19.7 Å². The van der Waals surface area contributed by atoms with Gasteiger partial charge in [0.25, 0.3) is 0 Å². The number of methoxy groups -OCH3 is 2. The van der Waals surface area contributed by atoms with Crippen molar-refractivity contribution in [1.29, 1.82) is 0 Å². The van der Waals surface area contributed by atoms with Gasteiger partial charge < -0.3 is 19.7 Å². The van der Waals surface area contributed by atoms with Crippen LogP contribution in [0.4, 0.5) is 11.4 Å². The van der Waals surface area contributed by atoms with E-state index in [-0.39, 0.29) is 12.5 Å². The highest BCUT2D eigenvalue weighted by Gasteiger charge is 2.14. The molecule has 0 unspecified atom stereocenters. The molecule has 0 fully saturated rings. The molecule has 0 aliphatic heterocycles. The summed E-state index contributed by atoms with van der Waals surface area (Å²) < 4.78 is 10.4. The number of likely N-dealkylation sites (N-methyl/N-ethyl adjacent to an activating group) is 1. The predicted octanol–water partition coefficient (Wildman–Crippen LogP) is 3.43. The van der Waals surface area contributed by atoms with Gasteiger partial charge in [-0.2, -0.15) is 0 Å². The first-order valence-corrected chi connectivity index (χ1v) is 7.40. The van der Waals surface area contributed by atoms with E-state index in [4.69, 9.17) is 21.1 Å². The molecular formula is C17H19ClN2O3. The normalized spacial score (nSPS) is 10.1. The Morgan fingerprint density at radius 3 is 2.39 bits per heavy atom. The van der Waals surface area contributed by atoms with E-state index in [0.717, 1.165) is 5.69 Å². The summed E-state index contributed by atoms with van der Waals surface area (Å²) in [5.74, 6) is 0.782. The molecule has 2 aromatic rings. The SMILES string of the molecule is COc1cc(NC(=O)CN(C)c2ccccc2)c(OC)cc1Cl. The molecule has 0 saturated heterocycles. The van der Waals surface area contributed by atoms with E-state index in [0.29, 0.717) is 22.2 Å². The average Bonchev–Trinajstić information content (AvgIpc) is 2.56. The molecule has 23 heavy (non-hydrogen) atoms. The minimum Gasteiger partial charge on any atom is -0.495 e. The number of hydrogen-bond donors (Lipinski definition) is 1. The van der Waals surface area contributed by atoms with Crippen molar-refractivity contribution in [2.75, 3.05) is 38.0 Å². The second kappa shape index (κ2) is 7.74. The molecule has 0 aliphatic rings. The van der Waals surface area contributed by atoms with Crippen LogP contribution in [0.15, 0.2) is 42.5 Å². The highest BCUT2D eigenvalue weighted by Crippen LogP contribution is 2.35. The second-order valence-electron chi connectivity index (χ2n) is 4.93. The first kappa shape index (κ1) is 17.0. The highest BCUT2D eigenvalue weighted by molar-refractivity contribution is 6.32. The van der Waals surface area contributed by atoms with Crippen molar-refractivity contribution in [1.82, 2.24) is 0 Å². The Kier molecular flexibility index (Phi) is 5.71. The Morgan fingerprint density at radius 1 is 1.13 bits per heavy atom. The third-order valence-corrected chi connectivity index (χ3v) is 3.62. The lowest BCUT2D eigenvalue weighted by Crippen LogP contribution is -2.30. The maximum Gasteiger partial charge on any atom is 0.243 e. The van der Waals surface area contributed by atoms with Crippen LogP contribution >= 0.6 is 11.6 Å². The summed E-state index contributed by atoms with van der Waals surface area (Å²) in [5.41, 5.74) is 1.48. The molecule has 1 N–H and O–H groups in total. The first-order chi connectivity index (χ1) is 11.0. The summed E-state index contributed by atoms with van der Waals surface area (Å²) >= 11 is 6.06. The van der Waals surface area contributed by atoms with E-state index < -0.39 is 0 Å². The van der Waals surface area contributed by atoms with Crippen LogP contribution in [0, 0.1) is 0 Å². The average molecular weight is 335 g/mol. The number of para-hydroxylation sites is 1. The number of nitrogens with zero attached hydrogens (tertiary/aromatic N) is 1. The molecule has 0 radical (unpaired) electrons. The van der Waals surface area contributed by atoms with Crippen LogP contribution in [0.3, 0.4) is 0 Å². The summed E-state index contributed by atoms with van der Waals surface area (Å²) in [4.78, 5) is 14.1. The maximum absolute atomic E-state index is 12.3. The molecular weight excluding hydrogens is 316 g/mol. The van der Waals surface area contributed by atoms with Crippen molar-refractivity contribution >= 4 is 28.9 Å². The third kappa shape index (κ3) is 4.29. The molecule has 5 nitrogen and oxygen atoms in total. The minimum absolute atomic E-state index is 0.168. The van der Waals surface area contributed by atoms with Gasteiger partial charge >= 0.3 is 0 Å². The van der Waals surface area contributed by atoms with Gasteiger partial charge in [-0.25, -0.2) is 0 Å². The van der Waals surface area contributed by atoms with E-state index in [1.807, 2.05) is 42.3 Å². The lowest BCUT2D eigenvalue weighted by molar-refractivity contribution is -0.114. The number of carbonyl (C=O) groups is 1. The van der Waals surface area contributed by atoms with Crippen LogP contribution in [0.25, 0.3) is 0 Å². The van der Waals surface area contributed by atoms with Crippen molar-refractivity contribution in [2.45, 2.75) is 0 Å². The number of anilines is 2. The number of halogens is 1. The van der Waals surface area contributed by atoms with Gasteiger partial charge in [0, 0.05) is 24.9 Å². The van der Waals surface area contributed by atoms with Gasteiger partial charge in [0.05, 0.1) is 31.5 Å². The molecule has 0 atom stereocenters. The topological polar surface area (TPSA) is 50.8 Å². The lowest BCUT2D eigenvalue weighted by atomic mass is 10.2. The summed E-state index contributed by atoms with van der Waals surface area (Å²) in [5, 5.41) is 3.24. The van der Waals surface area contributed by atoms with Gasteiger partial charge in [-0.3, -0.25) is 4.79 Å². The quantitative estimate of drug-likeness (QED) is 0.879. The van der Waals surface area contributed by atoms with Gasteiger partial charge in [-0.15, -0.1) is 0 Å². The molecule has 6 heteroatoms. The number of carbonyl (C=O) groups excluding carboxylic acids is 1. The summed E-state index contributed by atoms with van der Waals surface area (Å²) in [6.45, 7) is 0.206. The standard InChI is InChI=1S/C17H19ClN2O3/c1-20(12-7-5-4-6-8-12)11-17(21)19-14-10-15(22-2)13(18)9-16(14)23-3/h4-10H,11H2,1-3H3,(H,19,21). The Labute approximate surface area is 140 Å². The fraction of sp³-hybridized carbons (Fsp3) is 0.235. The fourth-order valence-corrected chi connectivity index (χ4v) is 2.37. The first-order valence-electron chi connectivity index (χ1n) is 7.02. The smallest absolute Gasteiger partial charge is 0.243 e. The number of rotatable bonds is 6. The highest BCUT2D eigenvalue weighted by atomic mass is 35.5. The third-order valence-electron chi connectivity index (χ3n) is 3.33. The van der Waals surface area contributed by atoms with Crippen LogP contribution in [-0.2, 0) is 4.79 Å². The molecule has 2 rings (SSSR count). The van der Waals surface area contributed by atoms with Gasteiger partial charge in [0.2, 0.25) is 5.91 Å². The fourth-order valence-electron chi connectivity index (χ4n) is 2.14. The predicted molar refractivity (Wildman–Crippen MR) is 92.9 cm³/mol. The van der Waals surface area contributed by atoms with E-state index in [1.54, 1.807) is 12.1 Å². The molecule has 1 amide bonds. The lowest BCUT2D eigenvalue weighted by Gasteiger charge is -2.19. The Bertz CT molecular complexity index is 677. The van der Waals surface area contributed by atoms with Gasteiger partial charge in [0.15, 0.2) is 0 Å². The summed E-state index contributed by atoms with van der Waals surface area (Å²) in [7, 11) is 4.89. The van der Waals surface area contributed by atoms with E-state index in [2.05, 4.69) is 5.32 Å². The van der Waals surface area contributed by atoms with Crippen molar-refractivity contribution in [2.24, 2.45) is 0 Å². The van der Waals surface area contributed by atoms with Crippen molar-refractivity contribution in [3.8, 4) is 11.5 Å². The van der Waals surface area contributed by atoms with Gasteiger partial charge in [-0.05, 0) is 12.1 Å². The summed E-state index contributed by atoms with van der Waals surface area (Å²) in [6.07, 6.45) is 0. The van der Waals surface area contributed by atoms with Gasteiger partial charge in [-0.1, -0.05) is 29.8 Å². The molecule has 0 aromatic heterocycles. The van der Waals surface area contributed by atoms with Crippen molar-refractivity contribution < 1.29 is 14.3 Å². The van der Waals surface area contributed by atoms with Crippen LogP contribution in [-0.4, -0.2) is 33.7 Å². The molecule has 0 aliphatic carbocycles. The van der Waals surface area contributed by atoms with Crippen LogP contribution in [0.1, 0.15) is 0 Å². The molecule has 0 spiro atoms. The Morgan fingerprint density at radius 2 is 1.78 bits per heavy atom. The second-order valence-corrected chi connectivity index (χ2v) is 5.33. The largest absolute Gasteiger partial charge is 0.495 e. The van der Waals surface area contributed by atoms with Crippen molar-refractivity contribution in [3.05, 3.63) is 47.5 Å². The minimum atomic E-state index is -0.168. The Balaban J connectivity index is 2.11. The molecule has 2 aromatic carbocycles. The van der Waals surface area contributed by atoms with E-state index >= 15 is 0 Å². The molecule has 0 heterocycles. The van der Waals surface area contributed by atoms with E-state index in [1.165, 1.54) is 14.2 Å². The number of ether oxygens (including phenoxy) is 2. The van der Waals surface area contributed by atoms with E-state index in [9.17, 15) is 4.79 Å². The Hall–Kier alpha value is -2.40. The monoisotopic (exact) mass is 334 g/mol. The zero-order chi connectivity index (χ0) is 16.8. The molecule has 0 bridgehead atoms. The molecule has 0 saturated carbocycles. The van der Waals surface area contributed by atoms with Gasteiger partial charge in [0.1, 0.15) is 11.5 Å². The van der Waals surface area contributed by atoms with Crippen molar-refractivity contribution in [3.63, 3.8) is 0 Å². The van der Waals surface area contributed by atoms with Crippen LogP contribution in [0.5, 0.6) is 11.5 Å².